The third kappa shape index (κ3) is 1.79. The Labute approximate surface area is 74.2 Å². The number of nitrogens with two attached hydrogens (primary N) is 1. The van der Waals surface area contributed by atoms with E-state index in [1.54, 1.807) is 7.11 Å². The van der Waals surface area contributed by atoms with Gasteiger partial charge in [-0.15, -0.1) is 0 Å². The van der Waals surface area contributed by atoms with Crippen molar-refractivity contribution in [2.45, 2.75) is 51.0 Å². The van der Waals surface area contributed by atoms with Gasteiger partial charge >= 0.3 is 0 Å². The van der Waals surface area contributed by atoms with Gasteiger partial charge in [-0.25, -0.2) is 0 Å². The topological polar surface area (TPSA) is 44.5 Å². The predicted molar refractivity (Wildman–Crippen MR) is 48.0 cm³/mol. The van der Waals surface area contributed by atoms with Gasteiger partial charge in [0.15, 0.2) is 0 Å². The molecule has 12 heavy (non-hydrogen) atoms. The number of ether oxygens (including phenoxy) is 2. The van der Waals surface area contributed by atoms with Crippen LogP contribution in [0.4, 0.5) is 0 Å². The first-order chi connectivity index (χ1) is 5.47. The van der Waals surface area contributed by atoms with Crippen molar-refractivity contribution in [2.24, 2.45) is 5.73 Å². The highest BCUT2D eigenvalue weighted by Gasteiger charge is 2.41. The number of methoxy groups -OCH3 is 1. The molecule has 1 heterocycles. The fourth-order valence-electron chi connectivity index (χ4n) is 2.22. The molecule has 0 saturated carbocycles. The van der Waals surface area contributed by atoms with Gasteiger partial charge in [-0.05, 0) is 27.2 Å². The summed E-state index contributed by atoms with van der Waals surface area (Å²) >= 11 is 0. The number of hydrogen-bond acceptors (Lipinski definition) is 3. The molecule has 3 nitrogen and oxygen atoms in total. The summed E-state index contributed by atoms with van der Waals surface area (Å²) in [6, 6.07) is 0. The van der Waals surface area contributed by atoms with E-state index in [0.717, 1.165) is 6.42 Å². The molecule has 1 fully saturated rings. The molecule has 3 heteroatoms. The summed E-state index contributed by atoms with van der Waals surface area (Å²) in [5.41, 5.74) is 5.85. The average molecular weight is 173 g/mol. The first-order valence-corrected chi connectivity index (χ1v) is 4.44. The first-order valence-electron chi connectivity index (χ1n) is 4.44. The van der Waals surface area contributed by atoms with Crippen molar-refractivity contribution in [3.8, 4) is 0 Å². The Morgan fingerprint density at radius 2 is 2.08 bits per heavy atom. The van der Waals surface area contributed by atoms with Gasteiger partial charge in [-0.3, -0.25) is 0 Å². The van der Waals surface area contributed by atoms with E-state index >= 15 is 0 Å². The van der Waals surface area contributed by atoms with Gasteiger partial charge in [0.1, 0.15) is 6.10 Å². The molecular weight excluding hydrogens is 154 g/mol. The summed E-state index contributed by atoms with van der Waals surface area (Å²) in [7, 11) is 1.69. The lowest BCUT2D eigenvalue weighted by atomic mass is 9.84. The SMILES string of the molecule is COC1C(C)OC(C)CC1(C)N. The van der Waals surface area contributed by atoms with Gasteiger partial charge in [0.05, 0.1) is 12.2 Å². The molecule has 2 N–H and O–H groups in total. The fraction of sp³-hybridized carbons (Fsp3) is 1.00. The Balaban J connectivity index is 2.71. The highest BCUT2D eigenvalue weighted by molar-refractivity contribution is 4.96. The van der Waals surface area contributed by atoms with Crippen molar-refractivity contribution in [1.29, 1.82) is 0 Å². The van der Waals surface area contributed by atoms with Crippen molar-refractivity contribution in [3.05, 3.63) is 0 Å². The van der Waals surface area contributed by atoms with Gasteiger partial charge in [0.25, 0.3) is 0 Å². The average Bonchev–Trinajstić information content (AvgIpc) is 1.82. The number of rotatable bonds is 1. The lowest BCUT2D eigenvalue weighted by molar-refractivity contribution is -0.148. The van der Waals surface area contributed by atoms with Crippen LogP contribution in [0.25, 0.3) is 0 Å². The predicted octanol–water partition coefficient (Wildman–Crippen LogP) is 0.916. The molecule has 0 aromatic rings. The Hall–Kier alpha value is -0.120. The van der Waals surface area contributed by atoms with Crippen molar-refractivity contribution >= 4 is 0 Å². The molecule has 4 atom stereocenters. The maximum Gasteiger partial charge on any atom is 0.101 e. The van der Waals surface area contributed by atoms with Crippen molar-refractivity contribution in [3.63, 3.8) is 0 Å². The molecule has 1 rings (SSSR count). The van der Waals surface area contributed by atoms with Gasteiger partial charge in [0.2, 0.25) is 0 Å². The molecule has 4 unspecified atom stereocenters. The van der Waals surface area contributed by atoms with Crippen LogP contribution in [0.3, 0.4) is 0 Å². The van der Waals surface area contributed by atoms with Crippen LogP contribution in [0.1, 0.15) is 27.2 Å². The van der Waals surface area contributed by atoms with E-state index in [4.69, 9.17) is 15.2 Å². The van der Waals surface area contributed by atoms with Gasteiger partial charge in [-0.1, -0.05) is 0 Å². The van der Waals surface area contributed by atoms with Crippen LogP contribution < -0.4 is 5.73 Å². The van der Waals surface area contributed by atoms with Crippen molar-refractivity contribution in [2.75, 3.05) is 7.11 Å². The molecule has 0 aliphatic carbocycles. The van der Waals surface area contributed by atoms with E-state index in [2.05, 4.69) is 0 Å². The monoisotopic (exact) mass is 173 g/mol. The Bertz CT molecular complexity index is 159. The minimum absolute atomic E-state index is 0.00806. The standard InChI is InChI=1S/C9H19NO2/c1-6-5-9(3,10)8(11-4)7(2)12-6/h6-8H,5,10H2,1-4H3. The number of hydrogen-bond donors (Lipinski definition) is 1. The summed E-state index contributed by atoms with van der Waals surface area (Å²) in [6.07, 6.45) is 1.19. The molecular formula is C9H19NO2. The highest BCUT2D eigenvalue weighted by atomic mass is 16.5. The van der Waals surface area contributed by atoms with Crippen LogP contribution in [0.15, 0.2) is 0 Å². The fourth-order valence-corrected chi connectivity index (χ4v) is 2.22. The van der Waals surface area contributed by atoms with Crippen LogP contribution in [0.2, 0.25) is 0 Å². The van der Waals surface area contributed by atoms with Gasteiger partial charge < -0.3 is 15.2 Å². The second-order valence-corrected chi connectivity index (χ2v) is 4.02. The zero-order valence-electron chi connectivity index (χ0n) is 8.33. The quantitative estimate of drug-likeness (QED) is 0.641. The zero-order chi connectivity index (χ0) is 9.35. The summed E-state index contributed by atoms with van der Waals surface area (Å²) in [4.78, 5) is 0. The van der Waals surface area contributed by atoms with E-state index in [0.29, 0.717) is 0 Å². The van der Waals surface area contributed by atoms with Gasteiger partial charge in [0, 0.05) is 12.6 Å². The summed E-state index contributed by atoms with van der Waals surface area (Å²) in [5, 5.41) is 0. The molecule has 0 aromatic heterocycles. The van der Waals surface area contributed by atoms with E-state index in [1.165, 1.54) is 0 Å². The Kier molecular flexibility index (Phi) is 2.76. The Morgan fingerprint density at radius 3 is 2.50 bits per heavy atom. The molecule has 1 saturated heterocycles. The van der Waals surface area contributed by atoms with E-state index in [9.17, 15) is 0 Å². The zero-order valence-corrected chi connectivity index (χ0v) is 8.33. The third-order valence-electron chi connectivity index (χ3n) is 2.50. The second-order valence-electron chi connectivity index (χ2n) is 4.02. The van der Waals surface area contributed by atoms with E-state index < -0.39 is 0 Å². The van der Waals surface area contributed by atoms with E-state index in [-0.39, 0.29) is 23.9 Å². The molecule has 0 radical (unpaired) electrons. The minimum Gasteiger partial charge on any atom is -0.377 e. The van der Waals surface area contributed by atoms with Crippen LogP contribution in [-0.2, 0) is 9.47 Å². The van der Waals surface area contributed by atoms with Crippen LogP contribution in [-0.4, -0.2) is 31.0 Å². The summed E-state index contributed by atoms with van der Waals surface area (Å²) in [5.74, 6) is 0. The molecule has 0 amide bonds. The molecule has 1 aliphatic heterocycles. The van der Waals surface area contributed by atoms with Crippen LogP contribution >= 0.6 is 0 Å². The third-order valence-corrected chi connectivity index (χ3v) is 2.50. The minimum atomic E-state index is -0.258. The van der Waals surface area contributed by atoms with E-state index in [1.807, 2.05) is 20.8 Å². The molecule has 0 aromatic carbocycles. The smallest absolute Gasteiger partial charge is 0.101 e. The maximum atomic E-state index is 6.11. The largest absolute Gasteiger partial charge is 0.377 e. The molecule has 0 bridgehead atoms. The molecule has 1 aliphatic rings. The van der Waals surface area contributed by atoms with Crippen molar-refractivity contribution < 1.29 is 9.47 Å². The van der Waals surface area contributed by atoms with Crippen molar-refractivity contribution in [1.82, 2.24) is 0 Å². The first kappa shape index (κ1) is 9.96. The highest BCUT2D eigenvalue weighted by Crippen LogP contribution is 2.28. The summed E-state index contributed by atoms with van der Waals surface area (Å²) in [6.45, 7) is 6.08. The lowest BCUT2D eigenvalue weighted by Gasteiger charge is -2.44. The maximum absolute atomic E-state index is 6.11. The lowest BCUT2D eigenvalue weighted by Crippen LogP contribution is -2.60. The molecule has 72 valence electrons. The summed E-state index contributed by atoms with van der Waals surface area (Å²) < 4.78 is 10.9. The van der Waals surface area contributed by atoms with Crippen LogP contribution in [0, 0.1) is 0 Å². The van der Waals surface area contributed by atoms with Gasteiger partial charge in [-0.2, -0.15) is 0 Å². The van der Waals surface area contributed by atoms with Crippen LogP contribution in [0.5, 0.6) is 0 Å². The normalized spacial score (nSPS) is 49.2. The Morgan fingerprint density at radius 1 is 1.50 bits per heavy atom. The molecule has 0 spiro atoms. The second kappa shape index (κ2) is 3.32.